The molecule has 2 rings (SSSR count). The zero-order valence-electron chi connectivity index (χ0n) is 8.14. The summed E-state index contributed by atoms with van der Waals surface area (Å²) in [6.45, 7) is 2.36. The van der Waals surface area contributed by atoms with E-state index in [9.17, 15) is 0 Å². The zero-order valence-corrected chi connectivity index (χ0v) is 12.3. The average Bonchev–Trinajstić information content (AvgIpc) is 2.53. The molecule has 0 saturated carbocycles. The van der Waals surface area contributed by atoms with E-state index in [2.05, 4.69) is 41.9 Å². The Bertz CT molecular complexity index is 326. The van der Waals surface area contributed by atoms with Crippen LogP contribution in [-0.4, -0.2) is 4.98 Å². The van der Waals surface area contributed by atoms with E-state index in [1.54, 1.807) is 0 Å². The molecule has 0 fully saturated rings. The van der Waals surface area contributed by atoms with Crippen LogP contribution in [0.5, 0.6) is 0 Å². The summed E-state index contributed by atoms with van der Waals surface area (Å²) in [7, 11) is 6.99. The Kier molecular flexibility index (Phi) is 3.90. The molecule has 1 heterocycles. The summed E-state index contributed by atoms with van der Waals surface area (Å²) in [5, 5.41) is 0. The van der Waals surface area contributed by atoms with Crippen LogP contribution in [0.15, 0.2) is 18.3 Å². The molecule has 0 spiro atoms. The van der Waals surface area contributed by atoms with E-state index in [-0.39, 0.29) is 7.30 Å². The molecule has 1 aliphatic carbocycles. The molecule has 0 bridgehead atoms. The lowest BCUT2D eigenvalue weighted by Crippen LogP contribution is -1.97. The molecule has 1 aromatic rings. The highest BCUT2D eigenvalue weighted by atomic mass is 32.6. The molecule has 0 amide bonds. The molecule has 1 nitrogen and oxygen atoms in total. The van der Waals surface area contributed by atoms with Crippen LogP contribution in [0.4, 0.5) is 0 Å². The van der Waals surface area contributed by atoms with Crippen molar-refractivity contribution in [1.82, 2.24) is 4.98 Å². The monoisotopic (exact) mass is 261 g/mol. The molecule has 6 atom stereocenters. The van der Waals surface area contributed by atoms with Gasteiger partial charge in [-0.15, -0.1) is 17.9 Å². The molecule has 0 radical (unpaired) electrons. The van der Waals surface area contributed by atoms with E-state index in [1.165, 1.54) is 17.7 Å². The van der Waals surface area contributed by atoms with Crippen molar-refractivity contribution < 1.29 is 0 Å². The van der Waals surface area contributed by atoms with Gasteiger partial charge in [-0.25, -0.2) is 0 Å². The van der Waals surface area contributed by atoms with Crippen molar-refractivity contribution in [3.8, 4) is 0 Å². The van der Waals surface area contributed by atoms with E-state index in [1.807, 2.05) is 6.20 Å². The van der Waals surface area contributed by atoms with Crippen molar-refractivity contribution in [2.24, 2.45) is 5.92 Å². The molecule has 1 aromatic heterocycles. The summed E-state index contributed by atoms with van der Waals surface area (Å²) in [5.74, 6) is 0.775. The van der Waals surface area contributed by atoms with Crippen LogP contribution in [0.3, 0.4) is 0 Å². The van der Waals surface area contributed by atoms with Crippen molar-refractivity contribution in [3.05, 3.63) is 29.6 Å². The summed E-state index contributed by atoms with van der Waals surface area (Å²) in [5.41, 5.74) is 3.61. The van der Waals surface area contributed by atoms with Crippen LogP contribution in [0.25, 0.3) is 0 Å². The predicted molar refractivity (Wildman–Crippen MR) is 74.5 cm³/mol. The lowest BCUT2D eigenvalue weighted by Gasteiger charge is -2.22. The molecular weight excluding hydrogens is 246 g/mol. The first-order valence-corrected chi connectivity index (χ1v) is 11.4. The van der Waals surface area contributed by atoms with Gasteiger partial charge in [-0.3, -0.25) is 4.98 Å². The SMILES string of the molecule is CC1Cc2ncccc2C1P(P)PP. The molecule has 0 aromatic carbocycles. The number of rotatable bonds is 2. The minimum absolute atomic E-state index is 0.0620. The molecule has 6 unspecified atom stereocenters. The van der Waals surface area contributed by atoms with Gasteiger partial charge in [0.05, 0.1) is 0 Å². The summed E-state index contributed by atoms with van der Waals surface area (Å²) in [6.07, 6.45) is 3.09. The number of fused-ring (bicyclic) bond motifs is 1. The first-order valence-electron chi connectivity index (χ1n) is 4.68. The molecule has 0 N–H and O–H groups in total. The largest absolute Gasteiger partial charge is 0.261 e. The van der Waals surface area contributed by atoms with Crippen LogP contribution in [0.2, 0.25) is 0 Å². The second-order valence-corrected chi connectivity index (χ2v) is 13.2. The third-order valence-electron chi connectivity index (χ3n) is 2.75. The highest BCUT2D eigenvalue weighted by Gasteiger charge is 2.33. The van der Waals surface area contributed by atoms with Gasteiger partial charge >= 0.3 is 0 Å². The standard InChI is InChI=1S/C9H15NP4/c1-6-5-8-7(3-2-4-10-8)9(6)14(12)13-11/h2-4,6,9,13H,5,11-12H2,1H3. The lowest BCUT2D eigenvalue weighted by atomic mass is 10.1. The lowest BCUT2D eigenvalue weighted by molar-refractivity contribution is 0.610. The van der Waals surface area contributed by atoms with Gasteiger partial charge in [-0.2, -0.15) is 0 Å². The van der Waals surface area contributed by atoms with E-state index < -0.39 is 0 Å². The summed E-state index contributed by atoms with van der Waals surface area (Å²) in [6, 6.07) is 4.34. The zero-order chi connectivity index (χ0) is 10.1. The third kappa shape index (κ3) is 2.03. The van der Waals surface area contributed by atoms with Crippen molar-refractivity contribution in [3.63, 3.8) is 0 Å². The van der Waals surface area contributed by atoms with Crippen LogP contribution in [0.1, 0.15) is 23.8 Å². The quantitative estimate of drug-likeness (QED) is 0.734. The summed E-state index contributed by atoms with van der Waals surface area (Å²) >= 11 is 0. The maximum atomic E-state index is 4.47. The molecule has 14 heavy (non-hydrogen) atoms. The minimum atomic E-state index is 0.0620. The Morgan fingerprint density at radius 1 is 1.64 bits per heavy atom. The van der Waals surface area contributed by atoms with Gasteiger partial charge in [0, 0.05) is 17.5 Å². The van der Waals surface area contributed by atoms with Gasteiger partial charge in [-0.05, 0) is 24.0 Å². The van der Waals surface area contributed by atoms with Crippen LogP contribution >= 0.6 is 33.1 Å². The van der Waals surface area contributed by atoms with Crippen LogP contribution < -0.4 is 0 Å². The van der Waals surface area contributed by atoms with Gasteiger partial charge in [0.2, 0.25) is 0 Å². The second kappa shape index (κ2) is 4.80. The fraction of sp³-hybridized carbons (Fsp3) is 0.444. The molecule has 5 heteroatoms. The Morgan fingerprint density at radius 2 is 2.43 bits per heavy atom. The number of nitrogens with zero attached hydrogens (tertiary/aromatic N) is 1. The van der Waals surface area contributed by atoms with Crippen LogP contribution in [-0.2, 0) is 6.42 Å². The van der Waals surface area contributed by atoms with Gasteiger partial charge in [0.25, 0.3) is 0 Å². The van der Waals surface area contributed by atoms with Gasteiger partial charge < -0.3 is 0 Å². The number of aromatic nitrogens is 1. The number of pyridine rings is 1. The minimum Gasteiger partial charge on any atom is -0.261 e. The van der Waals surface area contributed by atoms with Gasteiger partial charge in [-0.1, -0.05) is 28.2 Å². The Hall–Kier alpha value is 0.870. The smallest absolute Gasteiger partial charge is 0.0445 e. The molecular formula is C9H15NP4. The summed E-state index contributed by atoms with van der Waals surface area (Å²) < 4.78 is 0. The molecule has 76 valence electrons. The number of hydrogen-bond donors (Lipinski definition) is 0. The van der Waals surface area contributed by atoms with Gasteiger partial charge in [0.1, 0.15) is 0 Å². The fourth-order valence-corrected chi connectivity index (χ4v) is 7.94. The second-order valence-electron chi connectivity index (χ2n) is 3.70. The normalized spacial score (nSPS) is 28.2. The Balaban J connectivity index is 2.34. The third-order valence-corrected chi connectivity index (χ3v) is 13.8. The number of hydrogen-bond acceptors (Lipinski definition) is 1. The average molecular weight is 261 g/mol. The summed E-state index contributed by atoms with van der Waals surface area (Å²) in [4.78, 5) is 4.47. The van der Waals surface area contributed by atoms with E-state index in [0.29, 0.717) is 0 Å². The van der Waals surface area contributed by atoms with E-state index >= 15 is 0 Å². The molecule has 0 saturated heterocycles. The van der Waals surface area contributed by atoms with Crippen molar-refractivity contribution in [2.75, 3.05) is 0 Å². The highest BCUT2D eigenvalue weighted by molar-refractivity contribution is 8.61. The Labute approximate surface area is 92.9 Å². The molecule has 1 aliphatic rings. The van der Waals surface area contributed by atoms with Crippen molar-refractivity contribution in [2.45, 2.75) is 19.0 Å². The predicted octanol–water partition coefficient (Wildman–Crippen LogP) is 3.97. The maximum Gasteiger partial charge on any atom is 0.0445 e. The molecule has 0 aliphatic heterocycles. The van der Waals surface area contributed by atoms with E-state index in [4.69, 9.17) is 0 Å². The highest BCUT2D eigenvalue weighted by Crippen LogP contribution is 2.77. The first kappa shape index (κ1) is 11.4. The van der Waals surface area contributed by atoms with Crippen LogP contribution in [0, 0.1) is 5.92 Å². The fourth-order valence-electron chi connectivity index (χ4n) is 2.12. The van der Waals surface area contributed by atoms with Gasteiger partial charge in [0.15, 0.2) is 0 Å². The maximum absolute atomic E-state index is 4.47. The van der Waals surface area contributed by atoms with Crippen molar-refractivity contribution >= 4 is 33.1 Å². The topological polar surface area (TPSA) is 12.9 Å². The van der Waals surface area contributed by atoms with Crippen molar-refractivity contribution in [1.29, 1.82) is 0 Å². The van der Waals surface area contributed by atoms with E-state index in [0.717, 1.165) is 19.5 Å². The first-order chi connectivity index (χ1) is 6.74. The Morgan fingerprint density at radius 3 is 3.14 bits per heavy atom.